The van der Waals surface area contributed by atoms with E-state index in [1.807, 2.05) is 37.3 Å². The molecule has 0 radical (unpaired) electrons. The monoisotopic (exact) mass is 574 g/mol. The summed E-state index contributed by atoms with van der Waals surface area (Å²) in [6.07, 6.45) is -3.15. The molecule has 1 N–H and O–H groups in total. The van der Waals surface area contributed by atoms with Gasteiger partial charge >= 0.3 is 11.9 Å². The van der Waals surface area contributed by atoms with E-state index in [0.717, 1.165) is 17.2 Å². The molecule has 0 bridgehead atoms. The van der Waals surface area contributed by atoms with Gasteiger partial charge in [-0.05, 0) is 73.2 Å². The Morgan fingerprint density at radius 3 is 2.27 bits per heavy atom. The van der Waals surface area contributed by atoms with Crippen molar-refractivity contribution >= 4 is 12.4 Å². The van der Waals surface area contributed by atoms with E-state index < -0.39 is 23.0 Å². The topological polar surface area (TPSA) is 80.8 Å². The first-order chi connectivity index (χ1) is 19.3. The second-order valence-corrected chi connectivity index (χ2v) is 8.81. The van der Waals surface area contributed by atoms with Crippen LogP contribution in [0.2, 0.25) is 0 Å². The fourth-order valence-corrected chi connectivity index (χ4v) is 3.96. The van der Waals surface area contributed by atoms with Gasteiger partial charge in [0.2, 0.25) is 0 Å². The lowest BCUT2D eigenvalue weighted by Gasteiger charge is -2.17. The average Bonchev–Trinajstić information content (AvgIpc) is 2.95. The van der Waals surface area contributed by atoms with E-state index in [9.17, 15) is 18.0 Å². The second kappa shape index (κ2) is 12.5. The molecule has 0 amide bonds. The lowest BCUT2D eigenvalue weighted by atomic mass is 10.0. The number of nitrogens with one attached hydrogen (secondary N) is 1. The molecule has 0 unspecified atom stereocenters. The van der Waals surface area contributed by atoms with Gasteiger partial charge in [0.15, 0.2) is 5.82 Å². The number of aromatic nitrogens is 4. The molecule has 6 nitrogen and oxygen atoms in total. The normalized spacial score (nSPS) is 10.7. The van der Waals surface area contributed by atoms with Crippen LogP contribution in [0.5, 0.6) is 5.75 Å². The number of benzene rings is 3. The Morgan fingerprint density at radius 2 is 1.59 bits per heavy atom. The zero-order valence-corrected chi connectivity index (χ0v) is 22.4. The first-order valence-corrected chi connectivity index (χ1v) is 12.2. The highest BCUT2D eigenvalue weighted by Gasteiger charge is 2.36. The molecule has 0 aliphatic carbocycles. The Kier molecular flexibility index (Phi) is 8.85. The van der Waals surface area contributed by atoms with Crippen molar-refractivity contribution in [3.05, 3.63) is 130 Å². The maximum atomic E-state index is 14.1. The molecule has 10 heteroatoms. The van der Waals surface area contributed by atoms with Crippen molar-refractivity contribution in [1.82, 2.24) is 19.9 Å². The Hall–Kier alpha value is -4.94. The molecule has 0 fully saturated rings. The summed E-state index contributed by atoms with van der Waals surface area (Å²) in [7, 11) is 0. The van der Waals surface area contributed by atoms with Gasteiger partial charge in [0.1, 0.15) is 18.2 Å². The number of rotatable bonds is 5. The minimum atomic E-state index is -4.74. The van der Waals surface area contributed by atoms with Gasteiger partial charge < -0.3 is 4.74 Å². The molecule has 0 atom stereocenters. The van der Waals surface area contributed by atoms with Crippen LogP contribution in [0.3, 0.4) is 0 Å². The lowest BCUT2D eigenvalue weighted by molar-refractivity contribution is -0.137. The standard InChI is InChI=1S/C31H21F3N4O2.ClH/c1-20-16-17-35-24(18-20)19-40-26-9-5-8-25(31(32,33)34)27(26)29-36-28(37-30(39)38-29)23-14-12-22(13-15-23)11-10-21-6-3-2-4-7-21;/h2-9,12-18H,19H2,1H3,(H,36,37,38,39);1H. The molecule has 41 heavy (non-hydrogen) atoms. The number of aryl methyl sites for hydroxylation is 1. The fourth-order valence-electron chi connectivity index (χ4n) is 3.96. The highest BCUT2D eigenvalue weighted by molar-refractivity contribution is 5.85. The average molecular weight is 575 g/mol. The second-order valence-electron chi connectivity index (χ2n) is 8.81. The molecular formula is C31H22ClF3N4O2. The molecule has 0 spiro atoms. The van der Waals surface area contributed by atoms with Crippen LogP contribution in [0.1, 0.15) is 27.9 Å². The van der Waals surface area contributed by atoms with E-state index >= 15 is 0 Å². The molecule has 3 aromatic carbocycles. The van der Waals surface area contributed by atoms with E-state index in [1.165, 1.54) is 12.1 Å². The van der Waals surface area contributed by atoms with Crippen molar-refractivity contribution in [3.63, 3.8) is 0 Å². The van der Waals surface area contributed by atoms with Crippen molar-refractivity contribution < 1.29 is 17.9 Å². The van der Waals surface area contributed by atoms with Crippen LogP contribution in [0.4, 0.5) is 13.2 Å². The highest BCUT2D eigenvalue weighted by Crippen LogP contribution is 2.41. The van der Waals surface area contributed by atoms with Crippen LogP contribution in [0.15, 0.2) is 95.9 Å². The maximum absolute atomic E-state index is 14.1. The minimum absolute atomic E-state index is 0. The molecule has 0 aliphatic heterocycles. The van der Waals surface area contributed by atoms with E-state index in [2.05, 4.69) is 31.8 Å². The summed E-state index contributed by atoms with van der Waals surface area (Å²) < 4.78 is 48.0. The maximum Gasteiger partial charge on any atom is 0.417 e. The number of H-pyrrole nitrogens is 1. The number of aromatic amines is 1. The molecule has 2 aromatic heterocycles. The SMILES string of the molecule is Cc1ccnc(COc2cccc(C(F)(F)F)c2-c2nc(-c3ccc(C#Cc4ccccc4)cc3)nc(=O)[nH]2)c1.Cl. The summed E-state index contributed by atoms with van der Waals surface area (Å²) >= 11 is 0. The largest absolute Gasteiger partial charge is 0.487 e. The number of pyridine rings is 1. The quantitative estimate of drug-likeness (QED) is 0.239. The summed E-state index contributed by atoms with van der Waals surface area (Å²) in [5.41, 5.74) is 1.22. The molecule has 0 saturated carbocycles. The molecule has 0 aliphatic rings. The van der Waals surface area contributed by atoms with Gasteiger partial charge in [-0.1, -0.05) is 36.1 Å². The molecular weight excluding hydrogens is 553 g/mol. The van der Waals surface area contributed by atoms with E-state index in [-0.39, 0.29) is 36.4 Å². The summed E-state index contributed by atoms with van der Waals surface area (Å²) in [5.74, 6) is 5.64. The van der Waals surface area contributed by atoms with Crippen LogP contribution >= 0.6 is 12.4 Å². The van der Waals surface area contributed by atoms with Crippen LogP contribution < -0.4 is 10.4 Å². The Morgan fingerprint density at radius 1 is 0.878 bits per heavy atom. The zero-order valence-electron chi connectivity index (χ0n) is 21.6. The predicted octanol–water partition coefficient (Wildman–Crippen LogP) is 6.62. The highest BCUT2D eigenvalue weighted by atomic mass is 35.5. The zero-order chi connectivity index (χ0) is 28.1. The van der Waals surface area contributed by atoms with E-state index in [0.29, 0.717) is 16.8 Å². The summed E-state index contributed by atoms with van der Waals surface area (Å²) in [6.45, 7) is 1.79. The van der Waals surface area contributed by atoms with Crippen LogP contribution in [0, 0.1) is 18.8 Å². The third-order valence-electron chi connectivity index (χ3n) is 5.83. The van der Waals surface area contributed by atoms with Gasteiger partial charge in [-0.3, -0.25) is 9.97 Å². The van der Waals surface area contributed by atoms with Crippen molar-refractivity contribution in [2.45, 2.75) is 19.7 Å². The van der Waals surface area contributed by atoms with E-state index in [4.69, 9.17) is 4.74 Å². The Labute approximate surface area is 239 Å². The van der Waals surface area contributed by atoms with Gasteiger partial charge in [-0.15, -0.1) is 12.4 Å². The van der Waals surface area contributed by atoms with Gasteiger partial charge in [-0.2, -0.15) is 18.2 Å². The number of hydrogen-bond donors (Lipinski definition) is 1. The van der Waals surface area contributed by atoms with Crippen LogP contribution in [-0.4, -0.2) is 19.9 Å². The molecule has 2 heterocycles. The van der Waals surface area contributed by atoms with Crippen LogP contribution in [0.25, 0.3) is 22.8 Å². The van der Waals surface area contributed by atoms with Gasteiger partial charge in [0, 0.05) is 22.9 Å². The number of hydrogen-bond acceptors (Lipinski definition) is 5. The van der Waals surface area contributed by atoms with E-state index in [1.54, 1.807) is 42.6 Å². The number of nitrogens with zero attached hydrogens (tertiary/aromatic N) is 3. The number of alkyl halides is 3. The molecule has 0 saturated heterocycles. The first kappa shape index (κ1) is 29.1. The number of ether oxygens (including phenoxy) is 1. The third-order valence-corrected chi connectivity index (χ3v) is 5.83. The first-order valence-electron chi connectivity index (χ1n) is 12.2. The van der Waals surface area contributed by atoms with Crippen molar-refractivity contribution in [2.75, 3.05) is 0 Å². The Balaban J connectivity index is 0.00000387. The van der Waals surface area contributed by atoms with Crippen molar-refractivity contribution in [1.29, 1.82) is 0 Å². The Bertz CT molecular complexity index is 1780. The van der Waals surface area contributed by atoms with Crippen molar-refractivity contribution in [3.8, 4) is 40.4 Å². The summed E-state index contributed by atoms with van der Waals surface area (Å²) in [6, 6.07) is 23.3. The fraction of sp³-hybridized carbons (Fsp3) is 0.0968. The summed E-state index contributed by atoms with van der Waals surface area (Å²) in [4.78, 5) is 27.2. The molecule has 5 aromatic rings. The number of halogens is 4. The van der Waals surface area contributed by atoms with Gasteiger partial charge in [0.05, 0.1) is 16.8 Å². The van der Waals surface area contributed by atoms with Gasteiger partial charge in [-0.25, -0.2) is 9.78 Å². The van der Waals surface area contributed by atoms with Crippen LogP contribution in [-0.2, 0) is 12.8 Å². The van der Waals surface area contributed by atoms with Gasteiger partial charge in [0.25, 0.3) is 0 Å². The van der Waals surface area contributed by atoms with Crippen molar-refractivity contribution in [2.24, 2.45) is 0 Å². The molecule has 5 rings (SSSR count). The third kappa shape index (κ3) is 7.18. The lowest BCUT2D eigenvalue weighted by Crippen LogP contribution is -2.17. The predicted molar refractivity (Wildman–Crippen MR) is 152 cm³/mol. The molecule has 206 valence electrons. The minimum Gasteiger partial charge on any atom is -0.487 e. The smallest absolute Gasteiger partial charge is 0.417 e. The summed E-state index contributed by atoms with van der Waals surface area (Å²) in [5, 5.41) is 0.